The van der Waals surface area contributed by atoms with Crippen molar-refractivity contribution in [2.75, 3.05) is 18.1 Å². The number of rotatable bonds is 4. The van der Waals surface area contributed by atoms with Gasteiger partial charge in [-0.05, 0) is 24.3 Å². The number of nitrogens with one attached hydrogen (secondary N) is 1. The number of hydrogen-bond acceptors (Lipinski definition) is 5. The fourth-order valence-electron chi connectivity index (χ4n) is 2.19. The van der Waals surface area contributed by atoms with Crippen molar-refractivity contribution < 1.29 is 23.1 Å². The number of anilines is 1. The molecule has 0 aliphatic carbocycles. The minimum absolute atomic E-state index is 0.0299. The van der Waals surface area contributed by atoms with Gasteiger partial charge in [-0.3, -0.25) is 4.79 Å². The Balaban J connectivity index is 2.16. The van der Waals surface area contributed by atoms with Crippen molar-refractivity contribution >= 4 is 38.9 Å². The molecule has 2 rings (SSSR count). The molecule has 1 unspecified atom stereocenters. The Morgan fingerprint density at radius 2 is 2.20 bits per heavy atom. The molecule has 1 aliphatic heterocycles. The lowest BCUT2D eigenvalue weighted by Gasteiger charge is -2.21. The first kappa shape index (κ1) is 14.9. The number of carbonyl (C=O) groups is 2. The second-order valence-electron chi connectivity index (χ2n) is 4.49. The topological polar surface area (TPSA) is 104 Å². The third-order valence-corrected chi connectivity index (χ3v) is 5.24. The van der Waals surface area contributed by atoms with Crippen molar-refractivity contribution in [2.45, 2.75) is 18.9 Å². The number of thiophene rings is 1. The van der Waals surface area contributed by atoms with Gasteiger partial charge in [0, 0.05) is 6.54 Å². The molecule has 20 heavy (non-hydrogen) atoms. The summed E-state index contributed by atoms with van der Waals surface area (Å²) in [5.74, 6) is -1.62. The van der Waals surface area contributed by atoms with Crippen LogP contribution in [0.25, 0.3) is 0 Å². The molecule has 110 valence electrons. The number of aromatic carboxylic acids is 1. The van der Waals surface area contributed by atoms with Crippen LogP contribution < -0.4 is 5.32 Å². The largest absolute Gasteiger partial charge is 0.477 e. The number of amides is 1. The second kappa shape index (κ2) is 5.51. The predicted molar refractivity (Wildman–Crippen MR) is 74.5 cm³/mol. The van der Waals surface area contributed by atoms with Crippen molar-refractivity contribution in [2.24, 2.45) is 0 Å². The molecule has 0 radical (unpaired) electrons. The van der Waals surface area contributed by atoms with Crippen molar-refractivity contribution in [3.8, 4) is 0 Å². The van der Waals surface area contributed by atoms with Crippen LogP contribution in [0.1, 0.15) is 22.5 Å². The molecule has 2 heterocycles. The van der Waals surface area contributed by atoms with Crippen LogP contribution in [0.5, 0.6) is 0 Å². The summed E-state index contributed by atoms with van der Waals surface area (Å²) in [4.78, 5) is 23.1. The molecular weight excluding hydrogens is 304 g/mol. The normalized spacial score (nSPS) is 19.9. The van der Waals surface area contributed by atoms with Gasteiger partial charge in [0.2, 0.25) is 15.9 Å². The van der Waals surface area contributed by atoms with E-state index in [1.807, 2.05) is 0 Å². The van der Waals surface area contributed by atoms with Crippen LogP contribution >= 0.6 is 11.3 Å². The van der Waals surface area contributed by atoms with Gasteiger partial charge in [-0.25, -0.2) is 13.2 Å². The van der Waals surface area contributed by atoms with E-state index >= 15 is 0 Å². The summed E-state index contributed by atoms with van der Waals surface area (Å²) >= 11 is 1.00. The molecule has 1 atom stereocenters. The zero-order chi connectivity index (χ0) is 14.9. The van der Waals surface area contributed by atoms with Gasteiger partial charge in [0.25, 0.3) is 0 Å². The van der Waals surface area contributed by atoms with Gasteiger partial charge in [0.05, 0.1) is 11.9 Å². The Kier molecular flexibility index (Phi) is 4.11. The highest BCUT2D eigenvalue weighted by Gasteiger charge is 2.36. The first-order valence-electron chi connectivity index (χ1n) is 5.89. The number of hydrogen-bond donors (Lipinski definition) is 2. The molecule has 1 amide bonds. The minimum Gasteiger partial charge on any atom is -0.477 e. The number of carboxylic acid groups (broad SMARTS) is 1. The van der Waals surface area contributed by atoms with Crippen LogP contribution in [-0.4, -0.2) is 48.5 Å². The van der Waals surface area contributed by atoms with E-state index in [1.54, 1.807) is 5.38 Å². The third-order valence-electron chi connectivity index (χ3n) is 3.05. The summed E-state index contributed by atoms with van der Waals surface area (Å²) in [6.07, 6.45) is 2.11. The smallest absolute Gasteiger partial charge is 0.348 e. The van der Waals surface area contributed by atoms with Crippen LogP contribution in [0.15, 0.2) is 11.4 Å². The lowest BCUT2D eigenvalue weighted by atomic mass is 10.2. The zero-order valence-electron chi connectivity index (χ0n) is 10.7. The first-order chi connectivity index (χ1) is 9.30. The molecule has 9 heteroatoms. The average molecular weight is 318 g/mol. The Morgan fingerprint density at radius 3 is 2.80 bits per heavy atom. The lowest BCUT2D eigenvalue weighted by Crippen LogP contribution is -2.42. The number of carbonyl (C=O) groups excluding carboxylic acids is 1. The van der Waals surface area contributed by atoms with Crippen LogP contribution in [0.2, 0.25) is 0 Å². The molecule has 1 aliphatic rings. The molecular formula is C11H14N2O5S2. The van der Waals surface area contributed by atoms with Crippen LogP contribution in [0, 0.1) is 0 Å². The second-order valence-corrected chi connectivity index (χ2v) is 7.34. The van der Waals surface area contributed by atoms with Crippen LogP contribution in [0.3, 0.4) is 0 Å². The highest BCUT2D eigenvalue weighted by atomic mass is 32.2. The Bertz CT molecular complexity index is 637. The predicted octanol–water partition coefficient (Wildman–Crippen LogP) is 0.809. The summed E-state index contributed by atoms with van der Waals surface area (Å²) in [5.41, 5.74) is 0.202. The van der Waals surface area contributed by atoms with Gasteiger partial charge in [-0.15, -0.1) is 11.3 Å². The molecule has 0 saturated carbocycles. The average Bonchev–Trinajstić information content (AvgIpc) is 2.95. The van der Waals surface area contributed by atoms with Crippen molar-refractivity contribution in [3.63, 3.8) is 0 Å². The van der Waals surface area contributed by atoms with Gasteiger partial charge >= 0.3 is 5.97 Å². The molecule has 1 aromatic rings. The van der Waals surface area contributed by atoms with E-state index in [9.17, 15) is 18.0 Å². The number of carboxylic acids is 1. The fraction of sp³-hybridized carbons (Fsp3) is 0.455. The number of sulfonamides is 1. The highest BCUT2D eigenvalue weighted by molar-refractivity contribution is 7.88. The molecule has 1 saturated heterocycles. The maximum atomic E-state index is 12.1. The van der Waals surface area contributed by atoms with Crippen molar-refractivity contribution in [1.82, 2.24) is 4.31 Å². The van der Waals surface area contributed by atoms with Gasteiger partial charge in [0.1, 0.15) is 10.9 Å². The van der Waals surface area contributed by atoms with E-state index in [0.29, 0.717) is 19.4 Å². The maximum absolute atomic E-state index is 12.1. The molecule has 1 fully saturated rings. The SMILES string of the molecule is CS(=O)(=O)N1CCCC1C(=O)Nc1ccsc1C(=O)O. The summed E-state index contributed by atoms with van der Waals surface area (Å²) in [6.45, 7) is 0.312. The summed E-state index contributed by atoms with van der Waals surface area (Å²) in [7, 11) is -3.44. The van der Waals surface area contributed by atoms with Crippen LogP contribution in [-0.2, 0) is 14.8 Å². The van der Waals surface area contributed by atoms with E-state index < -0.39 is 27.9 Å². The molecule has 2 N–H and O–H groups in total. The molecule has 7 nitrogen and oxygen atoms in total. The zero-order valence-corrected chi connectivity index (χ0v) is 12.3. The maximum Gasteiger partial charge on any atom is 0.348 e. The molecule has 1 aromatic heterocycles. The summed E-state index contributed by atoms with van der Waals surface area (Å²) < 4.78 is 24.3. The Labute approximate surface area is 120 Å². The highest BCUT2D eigenvalue weighted by Crippen LogP contribution is 2.25. The van der Waals surface area contributed by atoms with Crippen LogP contribution in [0.4, 0.5) is 5.69 Å². The summed E-state index contributed by atoms with van der Waals surface area (Å²) in [5, 5.41) is 13.0. The molecule has 0 bridgehead atoms. The quantitative estimate of drug-likeness (QED) is 0.855. The Morgan fingerprint density at radius 1 is 1.50 bits per heavy atom. The Hall–Kier alpha value is -1.45. The summed E-state index contributed by atoms with van der Waals surface area (Å²) in [6, 6.07) is 0.720. The van der Waals surface area contributed by atoms with E-state index in [4.69, 9.17) is 5.11 Å². The van der Waals surface area contributed by atoms with Gasteiger partial charge < -0.3 is 10.4 Å². The van der Waals surface area contributed by atoms with E-state index in [-0.39, 0.29) is 10.6 Å². The number of nitrogens with zero attached hydrogens (tertiary/aromatic N) is 1. The van der Waals surface area contributed by atoms with Gasteiger partial charge in [0.15, 0.2) is 0 Å². The third kappa shape index (κ3) is 3.00. The van der Waals surface area contributed by atoms with Gasteiger partial charge in [-0.1, -0.05) is 0 Å². The standard InChI is InChI=1S/C11H14N2O5S2/c1-20(17,18)13-5-2-3-8(13)10(14)12-7-4-6-19-9(7)11(15)16/h4,6,8H,2-3,5H2,1H3,(H,12,14)(H,15,16). The van der Waals surface area contributed by atoms with Crippen molar-refractivity contribution in [3.05, 3.63) is 16.3 Å². The molecule has 0 spiro atoms. The lowest BCUT2D eigenvalue weighted by molar-refractivity contribution is -0.119. The van der Waals surface area contributed by atoms with Crippen molar-refractivity contribution in [1.29, 1.82) is 0 Å². The van der Waals surface area contributed by atoms with E-state index in [2.05, 4.69) is 5.32 Å². The fourth-order valence-corrected chi connectivity index (χ4v) is 4.00. The first-order valence-corrected chi connectivity index (χ1v) is 8.62. The monoisotopic (exact) mass is 318 g/mol. The molecule has 0 aromatic carbocycles. The van der Waals surface area contributed by atoms with Gasteiger partial charge in [-0.2, -0.15) is 4.31 Å². The minimum atomic E-state index is -3.44. The van der Waals surface area contributed by atoms with E-state index in [1.165, 1.54) is 6.07 Å². The van der Waals surface area contributed by atoms with E-state index in [0.717, 1.165) is 21.9 Å².